The third-order valence-corrected chi connectivity index (χ3v) is 5.09. The summed E-state index contributed by atoms with van der Waals surface area (Å²) in [5.74, 6) is 1.11. The van der Waals surface area contributed by atoms with E-state index in [-0.39, 0.29) is 19.0 Å². The number of hydrazine groups is 1. The second-order valence-electron chi connectivity index (χ2n) is 7.37. The van der Waals surface area contributed by atoms with Crippen molar-refractivity contribution in [2.24, 2.45) is 0 Å². The van der Waals surface area contributed by atoms with Crippen molar-refractivity contribution >= 4 is 22.6 Å². The third kappa shape index (κ3) is 4.59. The van der Waals surface area contributed by atoms with Crippen LogP contribution in [0.1, 0.15) is 16.3 Å². The monoisotopic (exact) mass is 444 g/mol. The molecule has 8 nitrogen and oxygen atoms in total. The van der Waals surface area contributed by atoms with Crippen LogP contribution in [0.5, 0.6) is 17.2 Å². The number of fused-ring (bicyclic) bond motifs is 2. The van der Waals surface area contributed by atoms with Crippen molar-refractivity contribution in [3.05, 3.63) is 90.4 Å². The molecule has 0 saturated heterocycles. The first-order valence-electron chi connectivity index (χ1n) is 10.3. The summed E-state index contributed by atoms with van der Waals surface area (Å²) in [5, 5.41) is 2.19. The van der Waals surface area contributed by atoms with Gasteiger partial charge in [-0.25, -0.2) is 0 Å². The van der Waals surface area contributed by atoms with Crippen molar-refractivity contribution in [1.29, 1.82) is 0 Å². The van der Waals surface area contributed by atoms with Gasteiger partial charge in [0.1, 0.15) is 24.7 Å². The second kappa shape index (κ2) is 8.96. The molecule has 0 radical (unpaired) electrons. The Hall–Kier alpha value is -4.46. The number of hydrogen-bond donors (Lipinski definition) is 2. The molecule has 0 saturated carbocycles. The first-order valence-corrected chi connectivity index (χ1v) is 10.3. The zero-order chi connectivity index (χ0) is 22.6. The van der Waals surface area contributed by atoms with E-state index in [0.717, 1.165) is 10.8 Å². The highest BCUT2D eigenvalue weighted by Gasteiger charge is 2.27. The van der Waals surface area contributed by atoms with E-state index in [2.05, 4.69) is 10.9 Å². The van der Waals surface area contributed by atoms with Crippen molar-refractivity contribution in [2.45, 2.75) is 12.7 Å². The predicted octanol–water partition coefficient (Wildman–Crippen LogP) is 3.61. The van der Waals surface area contributed by atoms with Gasteiger partial charge in [0.15, 0.2) is 17.3 Å². The number of nitrogens with one attached hydrogen (secondary N) is 2. The summed E-state index contributed by atoms with van der Waals surface area (Å²) in [4.78, 5) is 24.7. The number of furan rings is 1. The molecule has 1 aromatic heterocycles. The molecule has 0 bridgehead atoms. The van der Waals surface area contributed by atoms with Crippen LogP contribution in [0.15, 0.2) is 83.3 Å². The summed E-state index contributed by atoms with van der Waals surface area (Å²) in [6.45, 7) is 0.195. The minimum atomic E-state index is -0.886. The first-order chi connectivity index (χ1) is 16.2. The van der Waals surface area contributed by atoms with E-state index in [1.807, 2.05) is 48.5 Å². The summed E-state index contributed by atoms with van der Waals surface area (Å²) in [6.07, 6.45) is -0.886. The molecule has 0 spiro atoms. The highest BCUT2D eigenvalue weighted by atomic mass is 16.6. The molecule has 2 amide bonds. The van der Waals surface area contributed by atoms with Crippen molar-refractivity contribution < 1.29 is 28.2 Å². The Labute approximate surface area is 189 Å². The first kappa shape index (κ1) is 20.4. The fourth-order valence-corrected chi connectivity index (χ4v) is 3.40. The van der Waals surface area contributed by atoms with Crippen LogP contribution in [0.3, 0.4) is 0 Å². The average molecular weight is 444 g/mol. The summed E-state index contributed by atoms with van der Waals surface area (Å²) in [5.41, 5.74) is 4.65. The van der Waals surface area contributed by atoms with Crippen molar-refractivity contribution in [1.82, 2.24) is 10.9 Å². The SMILES string of the molecule is O=C(NNC(=O)C1COc2ccccc2O1)c1ccc(COc2ccc3ccccc3c2)o1. The lowest BCUT2D eigenvalue weighted by atomic mass is 10.1. The molecule has 2 heterocycles. The van der Waals surface area contributed by atoms with Gasteiger partial charge in [-0.3, -0.25) is 20.4 Å². The van der Waals surface area contributed by atoms with Crippen molar-refractivity contribution in [3.63, 3.8) is 0 Å². The quantitative estimate of drug-likeness (QED) is 0.456. The topological polar surface area (TPSA) is 99.0 Å². The molecule has 3 aromatic carbocycles. The van der Waals surface area contributed by atoms with Crippen LogP contribution in [0.4, 0.5) is 0 Å². The molecule has 33 heavy (non-hydrogen) atoms. The smallest absolute Gasteiger partial charge is 0.305 e. The van der Waals surface area contributed by atoms with E-state index < -0.39 is 17.9 Å². The van der Waals surface area contributed by atoms with Crippen LogP contribution in [-0.2, 0) is 11.4 Å². The Bertz CT molecular complexity index is 1320. The summed E-state index contributed by atoms with van der Waals surface area (Å²) >= 11 is 0. The fraction of sp³-hybridized carbons (Fsp3) is 0.120. The molecule has 1 atom stereocenters. The van der Waals surface area contributed by atoms with Crippen LogP contribution >= 0.6 is 0 Å². The van der Waals surface area contributed by atoms with Crippen molar-refractivity contribution in [3.8, 4) is 17.2 Å². The number of benzene rings is 3. The van der Waals surface area contributed by atoms with Gasteiger partial charge >= 0.3 is 5.91 Å². The zero-order valence-electron chi connectivity index (χ0n) is 17.4. The number of carbonyl (C=O) groups is 2. The van der Waals surface area contributed by atoms with Crippen molar-refractivity contribution in [2.75, 3.05) is 6.61 Å². The minimum absolute atomic E-state index is 0.0374. The van der Waals surface area contributed by atoms with Crippen LogP contribution in [0, 0.1) is 0 Å². The molecule has 1 aliphatic rings. The van der Waals surface area contributed by atoms with Gasteiger partial charge in [-0.15, -0.1) is 0 Å². The number of para-hydroxylation sites is 2. The van der Waals surface area contributed by atoms with Crippen LogP contribution < -0.4 is 25.1 Å². The lowest BCUT2D eigenvalue weighted by Gasteiger charge is -2.25. The highest BCUT2D eigenvalue weighted by molar-refractivity contribution is 5.93. The number of rotatable bonds is 5. The zero-order valence-corrected chi connectivity index (χ0v) is 17.4. The maximum Gasteiger partial charge on any atom is 0.305 e. The van der Waals surface area contributed by atoms with E-state index in [9.17, 15) is 9.59 Å². The molecule has 2 N–H and O–H groups in total. The van der Waals surface area contributed by atoms with E-state index in [1.54, 1.807) is 24.3 Å². The Morgan fingerprint density at radius 3 is 2.55 bits per heavy atom. The molecule has 1 aliphatic heterocycles. The lowest BCUT2D eigenvalue weighted by Crippen LogP contribution is -2.50. The molecular weight excluding hydrogens is 424 g/mol. The number of hydrogen-bond acceptors (Lipinski definition) is 6. The van der Waals surface area contributed by atoms with Gasteiger partial charge in [0.2, 0.25) is 6.10 Å². The van der Waals surface area contributed by atoms with E-state index in [1.165, 1.54) is 6.07 Å². The molecule has 8 heteroatoms. The van der Waals surface area contributed by atoms with Crippen LogP contribution in [-0.4, -0.2) is 24.5 Å². The van der Waals surface area contributed by atoms with Gasteiger partial charge in [-0.1, -0.05) is 42.5 Å². The summed E-state index contributed by atoms with van der Waals surface area (Å²) in [6, 6.07) is 24.0. The maximum atomic E-state index is 12.3. The highest BCUT2D eigenvalue weighted by Crippen LogP contribution is 2.30. The van der Waals surface area contributed by atoms with E-state index in [0.29, 0.717) is 23.0 Å². The van der Waals surface area contributed by atoms with Crippen LogP contribution in [0.25, 0.3) is 10.8 Å². The Kier molecular flexibility index (Phi) is 5.55. The Morgan fingerprint density at radius 2 is 1.67 bits per heavy atom. The summed E-state index contributed by atoms with van der Waals surface area (Å²) < 4.78 is 22.4. The Morgan fingerprint density at radius 1 is 0.879 bits per heavy atom. The van der Waals surface area contributed by atoms with E-state index in [4.69, 9.17) is 18.6 Å². The Balaban J connectivity index is 1.13. The molecule has 4 aromatic rings. The molecule has 1 unspecified atom stereocenters. The van der Waals surface area contributed by atoms with Gasteiger partial charge in [-0.2, -0.15) is 0 Å². The van der Waals surface area contributed by atoms with Gasteiger partial charge < -0.3 is 18.6 Å². The van der Waals surface area contributed by atoms with Gasteiger partial charge in [-0.05, 0) is 47.2 Å². The average Bonchev–Trinajstić information content (AvgIpc) is 3.34. The van der Waals surface area contributed by atoms with Gasteiger partial charge in [0.25, 0.3) is 5.91 Å². The third-order valence-electron chi connectivity index (χ3n) is 5.09. The van der Waals surface area contributed by atoms with E-state index >= 15 is 0 Å². The maximum absolute atomic E-state index is 12.3. The predicted molar refractivity (Wildman–Crippen MR) is 119 cm³/mol. The number of carbonyl (C=O) groups excluding carboxylic acids is 2. The molecule has 0 fully saturated rings. The summed E-state index contributed by atoms with van der Waals surface area (Å²) in [7, 11) is 0. The van der Waals surface area contributed by atoms with Crippen LogP contribution in [0.2, 0.25) is 0 Å². The molecular formula is C25H20N2O6. The number of ether oxygens (including phenoxy) is 3. The standard InChI is InChI=1S/C25H20N2O6/c28-24(26-27-25(29)23-15-31-20-7-3-4-8-21(20)33-23)22-12-11-19(32-22)14-30-18-10-9-16-5-1-2-6-17(16)13-18/h1-13,23H,14-15H2,(H,26,28)(H,27,29). The largest absolute Gasteiger partial charge is 0.486 e. The molecule has 166 valence electrons. The molecule has 5 rings (SSSR count). The lowest BCUT2D eigenvalue weighted by molar-refractivity contribution is -0.131. The number of amides is 2. The van der Waals surface area contributed by atoms with Gasteiger partial charge in [0, 0.05) is 0 Å². The molecule has 0 aliphatic carbocycles. The fourth-order valence-electron chi connectivity index (χ4n) is 3.40. The normalized spacial score (nSPS) is 14.5. The minimum Gasteiger partial charge on any atom is -0.486 e. The van der Waals surface area contributed by atoms with Gasteiger partial charge in [0.05, 0.1) is 0 Å². The second-order valence-corrected chi connectivity index (χ2v) is 7.37.